The van der Waals surface area contributed by atoms with E-state index in [1.807, 2.05) is 5.32 Å². The SMILES string of the molecule is CCN1COCC=C(C(F)(F)F)NC1=Nc1c(F)c(F)c(F)c(F)c1F. The predicted molar refractivity (Wildman–Crippen MR) is 73.8 cm³/mol. The summed E-state index contributed by atoms with van der Waals surface area (Å²) in [5.41, 5.74) is -2.98. The molecule has 144 valence electrons. The van der Waals surface area contributed by atoms with Crippen LogP contribution in [0.3, 0.4) is 0 Å². The lowest BCUT2D eigenvalue weighted by molar-refractivity contribution is -0.0966. The molecule has 12 heteroatoms. The standard InChI is InChI=1S/C14H11F8N3O/c1-2-25-5-26-4-3-6(14(20,21)22)23-13(25)24-12-10(18)8(16)7(15)9(17)11(12)19/h3H,2,4-5H2,1H3,(H,23,24). The van der Waals surface area contributed by atoms with E-state index in [9.17, 15) is 35.1 Å². The highest BCUT2D eigenvalue weighted by Gasteiger charge is 2.36. The molecule has 1 aromatic carbocycles. The van der Waals surface area contributed by atoms with Crippen molar-refractivity contribution in [2.24, 2.45) is 4.99 Å². The van der Waals surface area contributed by atoms with E-state index in [0.29, 0.717) is 6.08 Å². The van der Waals surface area contributed by atoms with E-state index < -0.39 is 59.2 Å². The summed E-state index contributed by atoms with van der Waals surface area (Å²) in [6.07, 6.45) is -4.28. The lowest BCUT2D eigenvalue weighted by atomic mass is 10.2. The highest BCUT2D eigenvalue weighted by molar-refractivity contribution is 5.84. The Morgan fingerprint density at radius 1 is 1.04 bits per heavy atom. The number of guanidine groups is 1. The molecule has 1 aromatic rings. The summed E-state index contributed by atoms with van der Waals surface area (Å²) in [5.74, 6) is -12.3. The number of hydrogen-bond donors (Lipinski definition) is 1. The van der Waals surface area contributed by atoms with Crippen LogP contribution in [0.2, 0.25) is 0 Å². The maximum absolute atomic E-state index is 13.8. The fraction of sp³-hybridized carbons (Fsp3) is 0.357. The number of ether oxygens (including phenoxy) is 1. The van der Waals surface area contributed by atoms with Gasteiger partial charge in [0.15, 0.2) is 23.3 Å². The van der Waals surface area contributed by atoms with Crippen LogP contribution in [-0.4, -0.2) is 36.9 Å². The van der Waals surface area contributed by atoms with Crippen LogP contribution in [-0.2, 0) is 4.74 Å². The first-order valence-corrected chi connectivity index (χ1v) is 7.05. The molecule has 0 radical (unpaired) electrons. The zero-order valence-electron chi connectivity index (χ0n) is 13.0. The molecule has 1 N–H and O–H groups in total. The number of halogens is 8. The molecule has 1 heterocycles. The fourth-order valence-electron chi connectivity index (χ4n) is 1.94. The minimum Gasteiger partial charge on any atom is -0.357 e. The Bertz CT molecular complexity index is 731. The van der Waals surface area contributed by atoms with E-state index in [0.717, 1.165) is 4.90 Å². The Morgan fingerprint density at radius 3 is 2.08 bits per heavy atom. The average Bonchev–Trinajstić information content (AvgIpc) is 2.56. The molecule has 1 aliphatic heterocycles. The van der Waals surface area contributed by atoms with Crippen LogP contribution in [0.4, 0.5) is 40.8 Å². The van der Waals surface area contributed by atoms with Crippen molar-refractivity contribution in [3.05, 3.63) is 40.9 Å². The zero-order valence-corrected chi connectivity index (χ0v) is 13.0. The third kappa shape index (κ3) is 3.89. The van der Waals surface area contributed by atoms with Gasteiger partial charge in [-0.05, 0) is 13.0 Å². The first-order chi connectivity index (χ1) is 12.1. The molecular weight excluding hydrogens is 378 g/mol. The van der Waals surface area contributed by atoms with Gasteiger partial charge in [0.2, 0.25) is 11.8 Å². The number of nitrogens with zero attached hydrogens (tertiary/aromatic N) is 2. The van der Waals surface area contributed by atoms with Crippen molar-refractivity contribution < 1.29 is 39.9 Å². The molecule has 0 fully saturated rings. The van der Waals surface area contributed by atoms with Gasteiger partial charge in [-0.3, -0.25) is 0 Å². The van der Waals surface area contributed by atoms with Gasteiger partial charge < -0.3 is 15.0 Å². The number of rotatable bonds is 2. The van der Waals surface area contributed by atoms with Crippen molar-refractivity contribution in [1.29, 1.82) is 0 Å². The monoisotopic (exact) mass is 389 g/mol. The van der Waals surface area contributed by atoms with Gasteiger partial charge in [-0.25, -0.2) is 26.9 Å². The number of aliphatic imine (C=N–C) groups is 1. The second-order valence-electron chi connectivity index (χ2n) is 4.95. The normalized spacial score (nSPS) is 17.7. The van der Waals surface area contributed by atoms with Crippen LogP contribution in [0.15, 0.2) is 16.8 Å². The summed E-state index contributed by atoms with van der Waals surface area (Å²) in [4.78, 5) is 4.19. The molecule has 2 rings (SSSR count). The second kappa shape index (κ2) is 7.48. The number of allylic oxidation sites excluding steroid dienone is 1. The topological polar surface area (TPSA) is 36.9 Å². The Hall–Kier alpha value is -2.37. The fourth-order valence-corrected chi connectivity index (χ4v) is 1.94. The minimum absolute atomic E-state index is 0.0353. The average molecular weight is 389 g/mol. The molecular formula is C14H11F8N3O. The number of nitrogens with one attached hydrogen (secondary N) is 1. The summed E-state index contributed by atoms with van der Waals surface area (Å²) < 4.78 is 111. The minimum atomic E-state index is -4.89. The third-order valence-electron chi connectivity index (χ3n) is 3.29. The van der Waals surface area contributed by atoms with Crippen molar-refractivity contribution in [1.82, 2.24) is 10.2 Å². The maximum atomic E-state index is 13.8. The van der Waals surface area contributed by atoms with Crippen molar-refractivity contribution in [3.63, 3.8) is 0 Å². The summed E-state index contributed by atoms with van der Waals surface area (Å²) in [6.45, 7) is 0.664. The van der Waals surface area contributed by atoms with Gasteiger partial charge in [0.05, 0.1) is 6.61 Å². The Kier molecular flexibility index (Phi) is 5.74. The van der Waals surface area contributed by atoms with E-state index in [1.54, 1.807) is 0 Å². The van der Waals surface area contributed by atoms with Gasteiger partial charge in [-0.15, -0.1) is 0 Å². The van der Waals surface area contributed by atoms with Crippen molar-refractivity contribution in [2.45, 2.75) is 13.1 Å². The molecule has 0 bridgehead atoms. The molecule has 1 aliphatic rings. The highest BCUT2D eigenvalue weighted by atomic mass is 19.4. The first-order valence-electron chi connectivity index (χ1n) is 7.05. The summed E-state index contributed by atoms with van der Waals surface area (Å²) in [7, 11) is 0. The number of benzene rings is 1. The zero-order chi connectivity index (χ0) is 19.6. The molecule has 26 heavy (non-hydrogen) atoms. The molecule has 0 aliphatic carbocycles. The highest BCUT2D eigenvalue weighted by Crippen LogP contribution is 2.30. The molecule has 0 unspecified atom stereocenters. The molecule has 0 aromatic heterocycles. The largest absolute Gasteiger partial charge is 0.431 e. The predicted octanol–water partition coefficient (Wildman–Crippen LogP) is 3.72. The summed E-state index contributed by atoms with van der Waals surface area (Å²) >= 11 is 0. The van der Waals surface area contributed by atoms with E-state index in [2.05, 4.69) is 4.99 Å². The van der Waals surface area contributed by atoms with Gasteiger partial charge in [-0.2, -0.15) is 13.2 Å². The summed E-state index contributed by atoms with van der Waals surface area (Å²) in [6, 6.07) is 0. The molecule has 0 amide bonds. The third-order valence-corrected chi connectivity index (χ3v) is 3.29. The molecule has 0 spiro atoms. The van der Waals surface area contributed by atoms with Gasteiger partial charge in [0.25, 0.3) is 0 Å². The quantitative estimate of drug-likeness (QED) is 0.476. The van der Waals surface area contributed by atoms with Gasteiger partial charge in [0.1, 0.15) is 18.1 Å². The van der Waals surface area contributed by atoms with E-state index in [1.165, 1.54) is 6.92 Å². The Labute approximate surface area is 141 Å². The van der Waals surface area contributed by atoms with E-state index in [4.69, 9.17) is 4.74 Å². The summed E-state index contributed by atoms with van der Waals surface area (Å²) in [5, 5.41) is 1.81. The van der Waals surface area contributed by atoms with Crippen LogP contribution in [0.1, 0.15) is 6.92 Å². The second-order valence-corrected chi connectivity index (χ2v) is 4.95. The first kappa shape index (κ1) is 19.9. The van der Waals surface area contributed by atoms with Crippen molar-refractivity contribution >= 4 is 11.6 Å². The smallest absolute Gasteiger partial charge is 0.357 e. The number of hydrogen-bond acceptors (Lipinski definition) is 2. The van der Waals surface area contributed by atoms with Crippen LogP contribution in [0, 0.1) is 29.1 Å². The molecule has 0 saturated carbocycles. The van der Waals surface area contributed by atoms with Gasteiger partial charge in [-0.1, -0.05) is 0 Å². The Balaban J connectivity index is 2.61. The van der Waals surface area contributed by atoms with Crippen LogP contribution < -0.4 is 5.32 Å². The maximum Gasteiger partial charge on any atom is 0.431 e. The van der Waals surface area contributed by atoms with Crippen molar-refractivity contribution in [2.75, 3.05) is 19.9 Å². The van der Waals surface area contributed by atoms with Crippen LogP contribution in [0.25, 0.3) is 0 Å². The van der Waals surface area contributed by atoms with Gasteiger partial charge >= 0.3 is 6.18 Å². The van der Waals surface area contributed by atoms with E-state index >= 15 is 0 Å². The van der Waals surface area contributed by atoms with Crippen LogP contribution in [0.5, 0.6) is 0 Å². The van der Waals surface area contributed by atoms with Gasteiger partial charge in [0, 0.05) is 6.54 Å². The lowest BCUT2D eigenvalue weighted by Crippen LogP contribution is -2.46. The molecule has 4 nitrogen and oxygen atoms in total. The van der Waals surface area contributed by atoms with Crippen molar-refractivity contribution in [3.8, 4) is 0 Å². The van der Waals surface area contributed by atoms with E-state index in [-0.39, 0.29) is 13.3 Å². The van der Waals surface area contributed by atoms with Crippen LogP contribution >= 0.6 is 0 Å². The molecule has 0 saturated heterocycles. The molecule has 0 atom stereocenters. The lowest BCUT2D eigenvalue weighted by Gasteiger charge is -2.28. The Morgan fingerprint density at radius 2 is 1.58 bits per heavy atom. The number of alkyl halides is 3.